The third kappa shape index (κ3) is 2.24. The van der Waals surface area contributed by atoms with Gasteiger partial charge in [0.05, 0.1) is 0 Å². The molecule has 11 heavy (non-hydrogen) atoms. The molecule has 0 aromatic carbocycles. The van der Waals surface area contributed by atoms with Gasteiger partial charge in [0.25, 0.3) is 16.1 Å². The van der Waals surface area contributed by atoms with E-state index in [0.717, 1.165) is 4.90 Å². The van der Waals surface area contributed by atoms with Crippen LogP contribution in [0.25, 0.3) is 0 Å². The van der Waals surface area contributed by atoms with Crippen molar-refractivity contribution in [2.45, 2.75) is 4.33 Å². The summed E-state index contributed by atoms with van der Waals surface area (Å²) in [6.45, 7) is 0. The van der Waals surface area contributed by atoms with Gasteiger partial charge in [-0.3, -0.25) is 9.59 Å². The van der Waals surface area contributed by atoms with Gasteiger partial charge in [0.15, 0.2) is 0 Å². The van der Waals surface area contributed by atoms with E-state index in [1.165, 1.54) is 14.1 Å². The number of hydrogen-bond donors (Lipinski definition) is 1. The van der Waals surface area contributed by atoms with Crippen LogP contribution in [0.15, 0.2) is 0 Å². The smallest absolute Gasteiger partial charge is 0.273 e. The summed E-state index contributed by atoms with van der Waals surface area (Å²) in [6, 6.07) is 0. The third-order valence-corrected chi connectivity index (χ3v) is 1.68. The number of halogens is 2. The Balaban J connectivity index is 4.56. The van der Waals surface area contributed by atoms with Gasteiger partial charge in [-0.15, -0.1) is 0 Å². The average molecular weight is 199 g/mol. The molecule has 64 valence electrons. The molecule has 0 aliphatic heterocycles. The maximum absolute atomic E-state index is 11.0. The molecule has 0 saturated heterocycles. The molecule has 0 saturated carbocycles. The predicted octanol–water partition coefficient (Wildman–Crippen LogP) is -0.266. The van der Waals surface area contributed by atoms with Crippen molar-refractivity contribution in [1.82, 2.24) is 4.90 Å². The van der Waals surface area contributed by atoms with Crippen LogP contribution in [0.4, 0.5) is 0 Å². The van der Waals surface area contributed by atoms with E-state index in [-0.39, 0.29) is 0 Å². The lowest BCUT2D eigenvalue weighted by Crippen LogP contribution is -2.47. The van der Waals surface area contributed by atoms with E-state index in [1.807, 2.05) is 0 Å². The van der Waals surface area contributed by atoms with Crippen LogP contribution in [0, 0.1) is 0 Å². The molecule has 0 unspecified atom stereocenters. The zero-order valence-corrected chi connectivity index (χ0v) is 7.61. The summed E-state index contributed by atoms with van der Waals surface area (Å²) in [5.74, 6) is -1.81. The molecule has 0 aromatic heterocycles. The zero-order chi connectivity index (χ0) is 9.23. The van der Waals surface area contributed by atoms with E-state index in [0.29, 0.717) is 0 Å². The van der Waals surface area contributed by atoms with Gasteiger partial charge in [0.1, 0.15) is 0 Å². The molecule has 0 atom stereocenters. The van der Waals surface area contributed by atoms with E-state index >= 15 is 0 Å². The number of carbonyl (C=O) groups excluding carboxylic acids is 2. The quantitative estimate of drug-likeness (QED) is 0.491. The Labute approximate surface area is 74.2 Å². The van der Waals surface area contributed by atoms with Crippen molar-refractivity contribution in [2.24, 2.45) is 5.73 Å². The molecule has 0 spiro atoms. The number of rotatable bonds is 2. The first kappa shape index (κ1) is 10.5. The molecule has 0 aliphatic carbocycles. The Hall–Kier alpha value is -0.480. The van der Waals surface area contributed by atoms with Crippen LogP contribution in [-0.4, -0.2) is 35.1 Å². The second-order valence-corrected chi connectivity index (χ2v) is 3.47. The van der Waals surface area contributed by atoms with Crippen molar-refractivity contribution >= 4 is 35.0 Å². The van der Waals surface area contributed by atoms with Crippen molar-refractivity contribution in [3.05, 3.63) is 0 Å². The molecule has 6 heteroatoms. The van der Waals surface area contributed by atoms with Gasteiger partial charge < -0.3 is 10.6 Å². The first-order valence-corrected chi connectivity index (χ1v) is 3.45. The normalized spacial score (nSPS) is 10.9. The monoisotopic (exact) mass is 198 g/mol. The first-order valence-electron chi connectivity index (χ1n) is 2.69. The Morgan fingerprint density at radius 1 is 1.36 bits per heavy atom. The van der Waals surface area contributed by atoms with E-state index in [9.17, 15) is 9.59 Å². The summed E-state index contributed by atoms with van der Waals surface area (Å²) in [5, 5.41) is 0. The minimum Gasteiger partial charge on any atom is -0.367 e. The highest BCUT2D eigenvalue weighted by Crippen LogP contribution is 2.21. The van der Waals surface area contributed by atoms with Gasteiger partial charge >= 0.3 is 0 Å². The number of hydrogen-bond acceptors (Lipinski definition) is 2. The lowest BCUT2D eigenvalue weighted by molar-refractivity contribution is -0.134. The van der Waals surface area contributed by atoms with Crippen LogP contribution < -0.4 is 5.73 Å². The number of primary amides is 1. The standard InChI is InChI=1S/C5H8Cl2N2O2/c1-9(2)4(11)5(6,7)3(8)10/h1-2H3,(H2,8,10). The lowest BCUT2D eigenvalue weighted by atomic mass is 10.3. The largest absolute Gasteiger partial charge is 0.367 e. The van der Waals surface area contributed by atoms with Gasteiger partial charge in [-0.05, 0) is 0 Å². The number of amides is 2. The van der Waals surface area contributed by atoms with Crippen LogP contribution in [0.3, 0.4) is 0 Å². The average Bonchev–Trinajstić information content (AvgIpc) is 1.85. The van der Waals surface area contributed by atoms with Gasteiger partial charge in [0.2, 0.25) is 0 Å². The fraction of sp³-hybridized carbons (Fsp3) is 0.600. The van der Waals surface area contributed by atoms with Crippen LogP contribution in [0.1, 0.15) is 0 Å². The third-order valence-electron chi connectivity index (χ3n) is 0.984. The maximum Gasteiger partial charge on any atom is 0.273 e. The van der Waals surface area contributed by atoms with Gasteiger partial charge in [-0.25, -0.2) is 0 Å². The molecule has 4 nitrogen and oxygen atoms in total. The minimum absolute atomic E-state index is 0.742. The predicted molar refractivity (Wildman–Crippen MR) is 42.3 cm³/mol. The molecule has 2 N–H and O–H groups in total. The zero-order valence-electron chi connectivity index (χ0n) is 6.10. The van der Waals surface area contributed by atoms with Crippen LogP contribution >= 0.6 is 23.2 Å². The molecular weight excluding hydrogens is 191 g/mol. The molecule has 0 heterocycles. The molecule has 0 bridgehead atoms. The number of carbonyl (C=O) groups is 2. The highest BCUT2D eigenvalue weighted by molar-refractivity contribution is 6.67. The number of nitrogens with zero attached hydrogens (tertiary/aromatic N) is 1. The van der Waals surface area contributed by atoms with Gasteiger partial charge in [0, 0.05) is 14.1 Å². The highest BCUT2D eigenvalue weighted by Gasteiger charge is 2.41. The van der Waals surface area contributed by atoms with E-state index in [2.05, 4.69) is 0 Å². The summed E-state index contributed by atoms with van der Waals surface area (Å²) in [4.78, 5) is 22.5. The maximum atomic E-state index is 11.0. The van der Waals surface area contributed by atoms with Crippen LogP contribution in [-0.2, 0) is 9.59 Å². The van der Waals surface area contributed by atoms with E-state index < -0.39 is 16.1 Å². The summed E-state index contributed by atoms with van der Waals surface area (Å²) >= 11 is 10.6. The number of alkyl halides is 2. The van der Waals surface area contributed by atoms with Gasteiger partial charge in [-0.2, -0.15) is 0 Å². The van der Waals surface area contributed by atoms with E-state index in [4.69, 9.17) is 28.9 Å². The summed E-state index contributed by atoms with van der Waals surface area (Å²) in [7, 11) is 2.84. The molecular formula is C5H8Cl2N2O2. The van der Waals surface area contributed by atoms with Crippen molar-refractivity contribution in [2.75, 3.05) is 14.1 Å². The van der Waals surface area contributed by atoms with Crippen molar-refractivity contribution in [3.8, 4) is 0 Å². The molecule has 0 rings (SSSR count). The topological polar surface area (TPSA) is 63.4 Å². The van der Waals surface area contributed by atoms with Crippen molar-refractivity contribution in [1.29, 1.82) is 0 Å². The summed E-state index contributed by atoms with van der Waals surface area (Å²) in [6.07, 6.45) is 0. The summed E-state index contributed by atoms with van der Waals surface area (Å²) in [5.41, 5.74) is 4.76. The SMILES string of the molecule is CN(C)C(=O)C(Cl)(Cl)C(N)=O. The highest BCUT2D eigenvalue weighted by atomic mass is 35.5. The minimum atomic E-state index is -2.15. The molecule has 0 aliphatic rings. The Bertz CT molecular complexity index is 191. The van der Waals surface area contributed by atoms with Crippen molar-refractivity contribution < 1.29 is 9.59 Å². The lowest BCUT2D eigenvalue weighted by Gasteiger charge is -2.18. The van der Waals surface area contributed by atoms with Gasteiger partial charge in [-0.1, -0.05) is 23.2 Å². The van der Waals surface area contributed by atoms with Crippen LogP contribution in [0.5, 0.6) is 0 Å². The summed E-state index contributed by atoms with van der Waals surface area (Å²) < 4.78 is -2.15. The second-order valence-electron chi connectivity index (χ2n) is 2.14. The Morgan fingerprint density at radius 3 is 1.82 bits per heavy atom. The molecule has 0 fully saturated rings. The fourth-order valence-corrected chi connectivity index (χ4v) is 0.724. The Kier molecular flexibility index (Phi) is 3.13. The molecule has 2 amide bonds. The van der Waals surface area contributed by atoms with Crippen LogP contribution in [0.2, 0.25) is 0 Å². The molecule has 0 radical (unpaired) electrons. The van der Waals surface area contributed by atoms with Crippen molar-refractivity contribution in [3.63, 3.8) is 0 Å². The number of nitrogens with two attached hydrogens (primary N) is 1. The first-order chi connectivity index (χ1) is 4.80. The van der Waals surface area contributed by atoms with E-state index in [1.54, 1.807) is 0 Å². The Morgan fingerprint density at radius 2 is 1.73 bits per heavy atom. The second kappa shape index (κ2) is 3.28. The molecule has 0 aromatic rings. The fourth-order valence-electron chi connectivity index (χ4n) is 0.386.